The Morgan fingerprint density at radius 2 is 1.79 bits per heavy atom. The molecule has 234 valence electrons. The van der Waals surface area contributed by atoms with Crippen LogP contribution in [-0.4, -0.2) is 64.5 Å². The van der Waals surface area contributed by atoms with Crippen LogP contribution in [0.1, 0.15) is 108 Å². The van der Waals surface area contributed by atoms with Gasteiger partial charge < -0.3 is 14.8 Å². The summed E-state index contributed by atoms with van der Waals surface area (Å²) in [5, 5.41) is 2.95. The first-order chi connectivity index (χ1) is 20.6. The fourth-order valence-electron chi connectivity index (χ4n) is 6.21. The Morgan fingerprint density at radius 3 is 2.47 bits per heavy atom. The first-order valence-electron chi connectivity index (χ1n) is 16.1. The zero-order chi connectivity index (χ0) is 31.2. The van der Waals surface area contributed by atoms with Gasteiger partial charge in [0.1, 0.15) is 11.5 Å². The van der Waals surface area contributed by atoms with Gasteiger partial charge in [-0.2, -0.15) is 0 Å². The summed E-state index contributed by atoms with van der Waals surface area (Å²) in [4.78, 5) is 48.9. The van der Waals surface area contributed by atoms with Crippen LogP contribution in [0.25, 0.3) is 0 Å². The molecule has 2 heterocycles. The van der Waals surface area contributed by atoms with E-state index in [0.29, 0.717) is 37.4 Å². The quantitative estimate of drug-likeness (QED) is 0.156. The molecule has 0 saturated carbocycles. The van der Waals surface area contributed by atoms with Crippen molar-refractivity contribution in [3.05, 3.63) is 60.2 Å². The van der Waals surface area contributed by atoms with Crippen LogP contribution in [0.5, 0.6) is 0 Å². The zero-order valence-electron chi connectivity index (χ0n) is 26.9. The number of rotatable bonds is 19. The van der Waals surface area contributed by atoms with Gasteiger partial charge in [0.25, 0.3) is 5.91 Å². The van der Waals surface area contributed by atoms with Gasteiger partial charge in [-0.1, -0.05) is 83.2 Å². The number of Topliss-reactive ketones (excluding diaryl/α,β-unsaturated/α-hetero) is 2. The Labute approximate surface area is 258 Å². The molecule has 1 N–H and O–H groups in total. The van der Waals surface area contributed by atoms with E-state index >= 15 is 0 Å². The minimum atomic E-state index is -0.683. The van der Waals surface area contributed by atoms with E-state index < -0.39 is 11.9 Å². The molecule has 9 heteroatoms. The number of aromatic nitrogens is 2. The molecule has 1 saturated heterocycles. The van der Waals surface area contributed by atoms with E-state index in [2.05, 4.69) is 47.9 Å². The van der Waals surface area contributed by atoms with Gasteiger partial charge in [-0.3, -0.25) is 19.4 Å². The maximum atomic E-state index is 13.9. The highest BCUT2D eigenvalue weighted by atomic mass is 16.5. The van der Waals surface area contributed by atoms with Crippen molar-refractivity contribution in [2.75, 3.05) is 13.6 Å². The lowest BCUT2D eigenvalue weighted by Crippen LogP contribution is -2.45. The normalized spacial score (nSPS) is 18.5. The van der Waals surface area contributed by atoms with Crippen LogP contribution in [0.3, 0.4) is 0 Å². The summed E-state index contributed by atoms with van der Waals surface area (Å²) in [6, 6.07) is 9.10. The standard InChI is InChI=1S/C34H51BN4O4/c1-6-29(40)17-13-8-7-9-14-18-34(4)25-39(5)35(43-34)28(21-26(2)3)23-32(41)30(22-27-15-11-10-12-16-27)38-33(42)31-24-36-19-20-37-31/h10-12,15-16,19-20,24,26,28,30H,6-9,13-14,17-18,21-23,25H2,1-5H3,(H,38,42)/t28-,30+,34?/m1/s1. The third-order valence-corrected chi connectivity index (χ3v) is 8.39. The molecule has 2 aromatic rings. The Balaban J connectivity index is 1.64. The molecule has 1 aliphatic heterocycles. The Kier molecular flexibility index (Phi) is 14.0. The second kappa shape index (κ2) is 17.4. The molecule has 1 fully saturated rings. The maximum absolute atomic E-state index is 13.9. The number of carbonyl (C=O) groups excluding carboxylic acids is 3. The third-order valence-electron chi connectivity index (χ3n) is 8.39. The molecule has 0 spiro atoms. The predicted octanol–water partition coefficient (Wildman–Crippen LogP) is 6.11. The molecule has 3 rings (SSSR count). The van der Waals surface area contributed by atoms with Gasteiger partial charge in [-0.25, -0.2) is 4.98 Å². The molecule has 0 aliphatic carbocycles. The molecule has 1 unspecified atom stereocenters. The van der Waals surface area contributed by atoms with Crippen LogP contribution in [-0.2, 0) is 20.7 Å². The van der Waals surface area contributed by atoms with Crippen LogP contribution >= 0.6 is 0 Å². The summed E-state index contributed by atoms with van der Waals surface area (Å²) < 4.78 is 6.77. The number of nitrogens with one attached hydrogen (secondary N) is 1. The van der Waals surface area contributed by atoms with Crippen molar-refractivity contribution in [2.24, 2.45) is 5.92 Å². The van der Waals surface area contributed by atoms with Crippen molar-refractivity contribution in [3.63, 3.8) is 0 Å². The molecule has 1 aromatic heterocycles. The zero-order valence-corrected chi connectivity index (χ0v) is 26.9. The van der Waals surface area contributed by atoms with Crippen LogP contribution in [0.4, 0.5) is 0 Å². The largest absolute Gasteiger partial charge is 0.415 e. The predicted molar refractivity (Wildman–Crippen MR) is 172 cm³/mol. The number of hydrogen-bond donors (Lipinski definition) is 1. The van der Waals surface area contributed by atoms with Gasteiger partial charge in [0, 0.05) is 38.2 Å². The lowest BCUT2D eigenvalue weighted by molar-refractivity contribution is -0.121. The summed E-state index contributed by atoms with van der Waals surface area (Å²) in [5.41, 5.74) is 0.912. The Morgan fingerprint density at radius 1 is 1.07 bits per heavy atom. The van der Waals surface area contributed by atoms with Gasteiger partial charge in [-0.15, -0.1) is 0 Å². The lowest BCUT2D eigenvalue weighted by atomic mass is 9.60. The minimum Gasteiger partial charge on any atom is -0.415 e. The fraction of sp³-hybridized carbons (Fsp3) is 0.618. The second-order valence-electron chi connectivity index (χ2n) is 12.9. The number of hydrogen-bond acceptors (Lipinski definition) is 7. The fourth-order valence-corrected chi connectivity index (χ4v) is 6.21. The van der Waals surface area contributed by atoms with Crippen molar-refractivity contribution in [3.8, 4) is 0 Å². The van der Waals surface area contributed by atoms with Crippen molar-refractivity contribution >= 4 is 24.5 Å². The van der Waals surface area contributed by atoms with Crippen molar-refractivity contribution in [1.29, 1.82) is 0 Å². The van der Waals surface area contributed by atoms with E-state index in [-0.39, 0.29) is 29.9 Å². The van der Waals surface area contributed by atoms with Crippen LogP contribution in [0.15, 0.2) is 48.9 Å². The molecule has 43 heavy (non-hydrogen) atoms. The van der Waals surface area contributed by atoms with Crippen LogP contribution in [0, 0.1) is 5.92 Å². The number of ketones is 2. The number of likely N-dealkylation sites (N-methyl/N-ethyl adjacent to an activating group) is 1. The first-order valence-corrected chi connectivity index (χ1v) is 16.1. The SMILES string of the molecule is CCC(=O)CCCCCCCC1(C)CN(C)B([C@@H](CC(=O)[C@H](Cc2ccccc2)NC(=O)c2cnccn2)CC(C)C)O1. The minimum absolute atomic E-state index is 0.00102. The summed E-state index contributed by atoms with van der Waals surface area (Å²) in [6.45, 7) is 9.30. The molecule has 1 amide bonds. The average molecular weight is 591 g/mol. The maximum Gasteiger partial charge on any atom is 0.386 e. The molecule has 0 radical (unpaired) electrons. The molecule has 3 atom stereocenters. The van der Waals surface area contributed by atoms with Gasteiger partial charge in [-0.05, 0) is 50.5 Å². The van der Waals surface area contributed by atoms with E-state index in [9.17, 15) is 14.4 Å². The monoisotopic (exact) mass is 590 g/mol. The Bertz CT molecular complexity index is 1150. The van der Waals surface area contributed by atoms with Gasteiger partial charge >= 0.3 is 7.05 Å². The van der Waals surface area contributed by atoms with E-state index in [1.807, 2.05) is 37.3 Å². The van der Waals surface area contributed by atoms with Crippen LogP contribution < -0.4 is 5.32 Å². The summed E-state index contributed by atoms with van der Waals surface area (Å²) in [7, 11) is 1.93. The number of carbonyl (C=O) groups is 3. The van der Waals surface area contributed by atoms with Crippen molar-refractivity contribution in [2.45, 2.75) is 116 Å². The van der Waals surface area contributed by atoms with Gasteiger partial charge in [0.05, 0.1) is 17.8 Å². The number of amides is 1. The summed E-state index contributed by atoms with van der Waals surface area (Å²) in [6.07, 6.45) is 13.7. The summed E-state index contributed by atoms with van der Waals surface area (Å²) >= 11 is 0. The number of unbranched alkanes of at least 4 members (excludes halogenated alkanes) is 4. The summed E-state index contributed by atoms with van der Waals surface area (Å²) in [5.74, 6) is 0.347. The van der Waals surface area contributed by atoms with Crippen molar-refractivity contribution < 1.29 is 19.0 Å². The number of nitrogens with zero attached hydrogens (tertiary/aromatic N) is 3. The van der Waals surface area contributed by atoms with E-state index in [1.54, 1.807) is 0 Å². The molecular formula is C34H51BN4O4. The molecule has 1 aliphatic rings. The van der Waals surface area contributed by atoms with E-state index in [4.69, 9.17) is 4.65 Å². The first kappa shape index (κ1) is 34.6. The van der Waals surface area contributed by atoms with Crippen LogP contribution in [0.2, 0.25) is 5.82 Å². The van der Waals surface area contributed by atoms with Gasteiger partial charge in [0.15, 0.2) is 5.78 Å². The molecule has 8 nitrogen and oxygen atoms in total. The Hall–Kier alpha value is -2.91. The lowest BCUT2D eigenvalue weighted by Gasteiger charge is -2.28. The third kappa shape index (κ3) is 11.6. The highest BCUT2D eigenvalue weighted by Gasteiger charge is 2.47. The average Bonchev–Trinajstić information content (AvgIpc) is 3.30. The highest BCUT2D eigenvalue weighted by Crippen LogP contribution is 2.37. The second-order valence-corrected chi connectivity index (χ2v) is 12.9. The van der Waals surface area contributed by atoms with Crippen molar-refractivity contribution in [1.82, 2.24) is 20.1 Å². The van der Waals surface area contributed by atoms with Gasteiger partial charge in [0.2, 0.25) is 0 Å². The van der Waals surface area contributed by atoms with E-state index in [1.165, 1.54) is 18.6 Å². The molecule has 0 bridgehead atoms. The smallest absolute Gasteiger partial charge is 0.386 e. The molecule has 1 aromatic carbocycles. The highest BCUT2D eigenvalue weighted by molar-refractivity contribution is 6.51. The number of benzene rings is 1. The molecular weight excluding hydrogens is 539 g/mol. The van der Waals surface area contributed by atoms with E-state index in [0.717, 1.165) is 57.1 Å². The topological polar surface area (TPSA) is 101 Å².